The number of nitrogen functional groups attached to an aromatic ring is 1. The maximum absolute atomic E-state index is 5.75. The molecule has 0 unspecified atom stereocenters. The van der Waals surface area contributed by atoms with Gasteiger partial charge in [-0.25, -0.2) is 0 Å². The molecule has 0 amide bonds. The van der Waals surface area contributed by atoms with Crippen molar-refractivity contribution in [3.05, 3.63) is 16.9 Å². The summed E-state index contributed by atoms with van der Waals surface area (Å²) in [4.78, 5) is 3.96. The van der Waals surface area contributed by atoms with E-state index < -0.39 is 0 Å². The van der Waals surface area contributed by atoms with E-state index in [9.17, 15) is 0 Å². The summed E-state index contributed by atoms with van der Waals surface area (Å²) in [6.45, 7) is 3.11. The highest BCUT2D eigenvalue weighted by Gasteiger charge is 2.02. The third-order valence-electron chi connectivity index (χ3n) is 1.76. The van der Waals surface area contributed by atoms with E-state index in [0.29, 0.717) is 5.69 Å². The van der Waals surface area contributed by atoms with Crippen LogP contribution >= 0.6 is 15.9 Å². The summed E-state index contributed by atoms with van der Waals surface area (Å²) in [6, 6.07) is 0. The predicted molar refractivity (Wildman–Crippen MR) is 59.7 cm³/mol. The molecule has 1 aromatic heterocycles. The maximum Gasteiger partial charge on any atom is 0.0750 e. The molecule has 0 saturated carbocycles. The zero-order valence-corrected chi connectivity index (χ0v) is 9.26. The van der Waals surface area contributed by atoms with Crippen LogP contribution in [0.2, 0.25) is 0 Å². The first-order valence-corrected chi connectivity index (χ1v) is 5.18. The van der Waals surface area contributed by atoms with Crippen LogP contribution in [0.4, 0.5) is 11.4 Å². The molecule has 4 heteroatoms. The largest absolute Gasteiger partial charge is 0.396 e. The molecule has 0 aliphatic rings. The summed E-state index contributed by atoms with van der Waals surface area (Å²) in [6.07, 6.45) is 5.72. The summed E-state index contributed by atoms with van der Waals surface area (Å²) >= 11 is 3.39. The summed E-state index contributed by atoms with van der Waals surface area (Å²) < 4.78 is 0.920. The van der Waals surface area contributed by atoms with E-state index in [-0.39, 0.29) is 0 Å². The zero-order chi connectivity index (χ0) is 9.68. The summed E-state index contributed by atoms with van der Waals surface area (Å²) in [5.41, 5.74) is 7.38. The van der Waals surface area contributed by atoms with E-state index in [0.717, 1.165) is 23.1 Å². The van der Waals surface area contributed by atoms with Gasteiger partial charge in [0.2, 0.25) is 0 Å². The molecule has 13 heavy (non-hydrogen) atoms. The second kappa shape index (κ2) is 5.07. The fraction of sp³-hybridized carbons (Fsp3) is 0.444. The normalized spacial score (nSPS) is 10.0. The third kappa shape index (κ3) is 2.88. The number of anilines is 2. The number of nitrogens with one attached hydrogen (secondary N) is 1. The van der Waals surface area contributed by atoms with Crippen LogP contribution in [0.25, 0.3) is 0 Å². The first-order valence-electron chi connectivity index (χ1n) is 4.38. The Morgan fingerprint density at radius 3 is 2.92 bits per heavy atom. The molecule has 0 bridgehead atoms. The van der Waals surface area contributed by atoms with Crippen LogP contribution in [0.15, 0.2) is 16.9 Å². The van der Waals surface area contributed by atoms with Crippen LogP contribution in [0.1, 0.15) is 19.8 Å². The average Bonchev–Trinajstić information content (AvgIpc) is 2.10. The molecule has 1 aromatic rings. The minimum atomic E-state index is 0.686. The van der Waals surface area contributed by atoms with Crippen molar-refractivity contribution in [3.8, 4) is 0 Å². The van der Waals surface area contributed by atoms with E-state index in [4.69, 9.17) is 5.73 Å². The quantitative estimate of drug-likeness (QED) is 0.800. The minimum absolute atomic E-state index is 0.686. The molecule has 3 nitrogen and oxygen atoms in total. The highest BCUT2D eigenvalue weighted by molar-refractivity contribution is 9.10. The van der Waals surface area contributed by atoms with Crippen LogP contribution in [0.3, 0.4) is 0 Å². The lowest BCUT2D eigenvalue weighted by Gasteiger charge is -2.09. The monoisotopic (exact) mass is 243 g/mol. The van der Waals surface area contributed by atoms with Crippen molar-refractivity contribution < 1.29 is 0 Å². The molecule has 1 heterocycles. The first kappa shape index (κ1) is 10.3. The van der Waals surface area contributed by atoms with E-state index in [1.165, 1.54) is 6.42 Å². The number of rotatable bonds is 4. The Hall–Kier alpha value is -0.770. The Labute approximate surface area is 86.9 Å². The average molecular weight is 244 g/mol. The zero-order valence-electron chi connectivity index (χ0n) is 7.68. The highest BCUT2D eigenvalue weighted by Crippen LogP contribution is 2.26. The van der Waals surface area contributed by atoms with Gasteiger partial charge in [-0.1, -0.05) is 13.3 Å². The van der Waals surface area contributed by atoms with Crippen molar-refractivity contribution in [2.75, 3.05) is 17.6 Å². The number of nitrogens with two attached hydrogens (primary N) is 1. The number of pyridine rings is 1. The number of hydrogen-bond donors (Lipinski definition) is 2. The second-order valence-corrected chi connectivity index (χ2v) is 3.72. The van der Waals surface area contributed by atoms with Gasteiger partial charge in [-0.2, -0.15) is 0 Å². The molecule has 0 atom stereocenters. The van der Waals surface area contributed by atoms with Gasteiger partial charge in [0.25, 0.3) is 0 Å². The SMILES string of the molecule is CCCCNc1c(N)cncc1Br. The number of halogens is 1. The fourth-order valence-corrected chi connectivity index (χ4v) is 1.51. The van der Waals surface area contributed by atoms with Crippen molar-refractivity contribution >= 4 is 27.3 Å². The Morgan fingerprint density at radius 2 is 2.31 bits per heavy atom. The van der Waals surface area contributed by atoms with E-state index in [1.54, 1.807) is 12.4 Å². The molecule has 1 rings (SSSR count). The van der Waals surface area contributed by atoms with Crippen LogP contribution < -0.4 is 11.1 Å². The molecular formula is C9H14BrN3. The smallest absolute Gasteiger partial charge is 0.0750 e. The molecule has 0 radical (unpaired) electrons. The Bertz CT molecular complexity index is 255. The molecule has 72 valence electrons. The molecular weight excluding hydrogens is 230 g/mol. The van der Waals surface area contributed by atoms with Gasteiger partial charge < -0.3 is 11.1 Å². The number of hydrogen-bond acceptors (Lipinski definition) is 3. The number of aromatic nitrogens is 1. The molecule has 0 spiro atoms. The van der Waals surface area contributed by atoms with Crippen LogP contribution in [0.5, 0.6) is 0 Å². The lowest BCUT2D eigenvalue weighted by atomic mass is 10.3. The Morgan fingerprint density at radius 1 is 1.54 bits per heavy atom. The van der Waals surface area contributed by atoms with Gasteiger partial charge in [0.15, 0.2) is 0 Å². The summed E-state index contributed by atoms with van der Waals surface area (Å²) in [5, 5.41) is 3.27. The lowest BCUT2D eigenvalue weighted by molar-refractivity contribution is 0.834. The van der Waals surface area contributed by atoms with E-state index in [2.05, 4.69) is 33.2 Å². The molecule has 0 saturated heterocycles. The summed E-state index contributed by atoms with van der Waals surface area (Å²) in [7, 11) is 0. The Kier molecular flexibility index (Phi) is 4.02. The number of unbranched alkanes of at least 4 members (excludes halogenated alkanes) is 1. The summed E-state index contributed by atoms with van der Waals surface area (Å²) in [5.74, 6) is 0. The van der Waals surface area contributed by atoms with Gasteiger partial charge in [-0.05, 0) is 22.4 Å². The van der Waals surface area contributed by atoms with Gasteiger partial charge in [0.05, 0.1) is 22.0 Å². The standard InChI is InChI=1S/C9H14BrN3/c1-2-3-4-13-9-7(10)5-12-6-8(9)11/h5-6H,2-4,11H2,1H3,(H,12,13). The van der Waals surface area contributed by atoms with Crippen molar-refractivity contribution in [1.82, 2.24) is 4.98 Å². The topological polar surface area (TPSA) is 50.9 Å². The van der Waals surface area contributed by atoms with E-state index >= 15 is 0 Å². The number of nitrogens with zero attached hydrogens (tertiary/aromatic N) is 1. The molecule has 0 aliphatic carbocycles. The van der Waals surface area contributed by atoms with E-state index in [1.807, 2.05) is 0 Å². The fourth-order valence-electron chi connectivity index (χ4n) is 1.03. The van der Waals surface area contributed by atoms with Crippen LogP contribution in [-0.4, -0.2) is 11.5 Å². The van der Waals surface area contributed by atoms with Gasteiger partial charge in [0, 0.05) is 12.7 Å². The molecule has 3 N–H and O–H groups in total. The van der Waals surface area contributed by atoms with Crippen molar-refractivity contribution in [1.29, 1.82) is 0 Å². The third-order valence-corrected chi connectivity index (χ3v) is 2.36. The van der Waals surface area contributed by atoms with Crippen LogP contribution in [-0.2, 0) is 0 Å². The maximum atomic E-state index is 5.75. The van der Waals surface area contributed by atoms with Crippen molar-refractivity contribution in [3.63, 3.8) is 0 Å². The second-order valence-electron chi connectivity index (χ2n) is 2.87. The van der Waals surface area contributed by atoms with Crippen molar-refractivity contribution in [2.24, 2.45) is 0 Å². The molecule has 0 aliphatic heterocycles. The van der Waals surface area contributed by atoms with Gasteiger partial charge in [-0.3, -0.25) is 4.98 Å². The minimum Gasteiger partial charge on any atom is -0.396 e. The van der Waals surface area contributed by atoms with Gasteiger partial charge in [-0.15, -0.1) is 0 Å². The Balaban J connectivity index is 2.64. The predicted octanol–water partition coefficient (Wildman–Crippen LogP) is 2.64. The lowest BCUT2D eigenvalue weighted by Crippen LogP contribution is -2.04. The van der Waals surface area contributed by atoms with Gasteiger partial charge in [0.1, 0.15) is 0 Å². The molecule has 0 fully saturated rings. The molecule has 0 aromatic carbocycles. The van der Waals surface area contributed by atoms with Gasteiger partial charge >= 0.3 is 0 Å². The van der Waals surface area contributed by atoms with Crippen molar-refractivity contribution in [2.45, 2.75) is 19.8 Å². The highest BCUT2D eigenvalue weighted by atomic mass is 79.9. The first-order chi connectivity index (χ1) is 6.25. The van der Waals surface area contributed by atoms with Crippen LogP contribution in [0, 0.1) is 0 Å².